The number of carbonyl (C=O) groups excluding carboxylic acids is 1. The van der Waals surface area contributed by atoms with Crippen LogP contribution in [0.25, 0.3) is 10.2 Å². The number of benzene rings is 1. The lowest BCUT2D eigenvalue weighted by Gasteiger charge is -2.25. The Morgan fingerprint density at radius 1 is 1.33 bits per heavy atom. The van der Waals surface area contributed by atoms with E-state index in [9.17, 15) is 14.0 Å². The number of fused-ring (bicyclic) bond motifs is 1. The van der Waals surface area contributed by atoms with Crippen molar-refractivity contribution in [2.45, 2.75) is 44.9 Å². The third-order valence-electron chi connectivity index (χ3n) is 5.91. The molecule has 0 unspecified atom stereocenters. The van der Waals surface area contributed by atoms with Crippen LogP contribution in [0.2, 0.25) is 0 Å². The van der Waals surface area contributed by atoms with E-state index < -0.39 is 11.7 Å². The molecule has 0 spiro atoms. The average molecular weight is 475 g/mol. The number of nitrogens with one attached hydrogen (secondary N) is 2. The number of aromatic amines is 1. The smallest absolute Gasteiger partial charge is 0.287 e. The van der Waals surface area contributed by atoms with Gasteiger partial charge >= 0.3 is 0 Å². The first kappa shape index (κ1) is 23.3. The topological polar surface area (TPSA) is 119 Å². The highest BCUT2D eigenvalue weighted by molar-refractivity contribution is 7.16. The molecule has 8 nitrogen and oxygen atoms in total. The maximum absolute atomic E-state index is 13.5. The average Bonchev–Trinajstić information content (AvgIpc) is 3.23. The number of amides is 1. The molecule has 1 aliphatic rings. The van der Waals surface area contributed by atoms with Crippen molar-refractivity contribution in [2.75, 3.05) is 13.7 Å². The Morgan fingerprint density at radius 2 is 2.12 bits per heavy atom. The van der Waals surface area contributed by atoms with E-state index in [0.717, 1.165) is 31.2 Å². The standard InChI is InChI=1S/C23H27FN4O4S/c1-31-18-8-14(4-7-17(18)24)9-26-22(30)20-27-21(29)19-15(12-33-23(19)28-20)11-32-10-13-2-5-16(25)6-3-13/h4,7-8,12-13,16H,2-3,5-6,9-11,25H2,1H3,(H,26,30)(H,27,28,29). The summed E-state index contributed by atoms with van der Waals surface area (Å²) >= 11 is 1.30. The van der Waals surface area contributed by atoms with Crippen LogP contribution < -0.4 is 21.3 Å². The lowest BCUT2D eigenvalue weighted by Crippen LogP contribution is -2.28. The Balaban J connectivity index is 1.38. The zero-order valence-electron chi connectivity index (χ0n) is 18.4. The number of rotatable bonds is 8. The second-order valence-corrected chi connectivity index (χ2v) is 9.16. The van der Waals surface area contributed by atoms with E-state index in [1.807, 2.05) is 5.38 Å². The van der Waals surface area contributed by atoms with Crippen LogP contribution in [0.3, 0.4) is 0 Å². The number of hydrogen-bond acceptors (Lipinski definition) is 7. The number of halogens is 1. The number of nitrogens with two attached hydrogens (primary N) is 1. The summed E-state index contributed by atoms with van der Waals surface area (Å²) in [7, 11) is 1.37. The summed E-state index contributed by atoms with van der Waals surface area (Å²) in [6.45, 7) is 1.10. The lowest BCUT2D eigenvalue weighted by atomic mass is 9.87. The van der Waals surface area contributed by atoms with Gasteiger partial charge in [-0.05, 0) is 54.7 Å². The zero-order valence-corrected chi connectivity index (χ0v) is 19.2. The van der Waals surface area contributed by atoms with E-state index in [-0.39, 0.29) is 23.7 Å². The van der Waals surface area contributed by atoms with Gasteiger partial charge in [0.15, 0.2) is 11.6 Å². The van der Waals surface area contributed by atoms with Crippen LogP contribution in [0.1, 0.15) is 47.4 Å². The third kappa shape index (κ3) is 5.58. The first-order chi connectivity index (χ1) is 15.9. The number of methoxy groups -OCH3 is 1. The molecule has 1 aromatic carbocycles. The van der Waals surface area contributed by atoms with Crippen LogP contribution in [0.5, 0.6) is 5.75 Å². The molecule has 2 aromatic heterocycles. The molecular formula is C23H27FN4O4S. The van der Waals surface area contributed by atoms with Gasteiger partial charge in [-0.15, -0.1) is 11.3 Å². The van der Waals surface area contributed by atoms with Crippen LogP contribution >= 0.6 is 11.3 Å². The zero-order chi connectivity index (χ0) is 23.4. The molecule has 33 heavy (non-hydrogen) atoms. The van der Waals surface area contributed by atoms with Crippen LogP contribution in [-0.4, -0.2) is 35.6 Å². The third-order valence-corrected chi connectivity index (χ3v) is 6.83. The molecule has 0 radical (unpaired) electrons. The van der Waals surface area contributed by atoms with Crippen LogP contribution in [-0.2, 0) is 17.9 Å². The predicted molar refractivity (Wildman–Crippen MR) is 124 cm³/mol. The molecule has 3 aromatic rings. The molecule has 2 heterocycles. The molecule has 1 fully saturated rings. The molecule has 0 aliphatic heterocycles. The quantitative estimate of drug-likeness (QED) is 0.462. The fraction of sp³-hybridized carbons (Fsp3) is 0.435. The van der Waals surface area contributed by atoms with Gasteiger partial charge in [0, 0.05) is 24.8 Å². The minimum atomic E-state index is -0.529. The summed E-state index contributed by atoms with van der Waals surface area (Å²) < 4.78 is 24.4. The van der Waals surface area contributed by atoms with Crippen molar-refractivity contribution >= 4 is 27.5 Å². The molecule has 10 heteroatoms. The van der Waals surface area contributed by atoms with Crippen molar-refractivity contribution in [1.29, 1.82) is 0 Å². The van der Waals surface area contributed by atoms with E-state index >= 15 is 0 Å². The number of nitrogens with zero attached hydrogens (tertiary/aromatic N) is 1. The number of hydrogen-bond donors (Lipinski definition) is 3. The Morgan fingerprint density at radius 3 is 2.88 bits per heavy atom. The minimum Gasteiger partial charge on any atom is -0.494 e. The summed E-state index contributed by atoms with van der Waals surface area (Å²) in [5.74, 6) is -0.490. The van der Waals surface area contributed by atoms with E-state index in [1.165, 1.54) is 30.6 Å². The first-order valence-electron chi connectivity index (χ1n) is 10.9. The molecule has 4 N–H and O–H groups in total. The number of thiophene rings is 1. The van der Waals surface area contributed by atoms with Gasteiger partial charge in [0.1, 0.15) is 4.83 Å². The Labute approximate surface area is 194 Å². The number of H-pyrrole nitrogens is 1. The highest BCUT2D eigenvalue weighted by Crippen LogP contribution is 2.25. The van der Waals surface area contributed by atoms with Gasteiger partial charge in [-0.2, -0.15) is 0 Å². The van der Waals surface area contributed by atoms with Gasteiger partial charge in [-0.25, -0.2) is 9.37 Å². The maximum Gasteiger partial charge on any atom is 0.287 e. The fourth-order valence-electron chi connectivity index (χ4n) is 3.99. The monoisotopic (exact) mass is 474 g/mol. The minimum absolute atomic E-state index is 0.0746. The summed E-state index contributed by atoms with van der Waals surface area (Å²) in [4.78, 5) is 32.6. The normalized spacial score (nSPS) is 18.4. The summed E-state index contributed by atoms with van der Waals surface area (Å²) in [6.07, 6.45) is 4.19. The second kappa shape index (κ2) is 10.4. The van der Waals surface area contributed by atoms with Gasteiger partial charge in [-0.1, -0.05) is 6.07 Å². The van der Waals surface area contributed by atoms with Gasteiger partial charge in [-0.3, -0.25) is 9.59 Å². The highest BCUT2D eigenvalue weighted by Gasteiger charge is 2.20. The van der Waals surface area contributed by atoms with E-state index in [0.29, 0.717) is 41.0 Å². The molecule has 0 bridgehead atoms. The molecule has 1 saturated carbocycles. The molecule has 0 atom stereocenters. The van der Waals surface area contributed by atoms with Crippen LogP contribution in [0.4, 0.5) is 4.39 Å². The fourth-order valence-corrected chi connectivity index (χ4v) is 4.92. The van der Waals surface area contributed by atoms with Crippen LogP contribution in [0.15, 0.2) is 28.4 Å². The summed E-state index contributed by atoms with van der Waals surface area (Å²) in [5, 5.41) is 4.97. The lowest BCUT2D eigenvalue weighted by molar-refractivity contribution is 0.0726. The number of ether oxygens (including phenoxy) is 2. The van der Waals surface area contributed by atoms with Gasteiger partial charge < -0.3 is 25.5 Å². The van der Waals surface area contributed by atoms with Gasteiger partial charge in [0.05, 0.1) is 19.1 Å². The Bertz CT molecular complexity index is 1190. The number of carbonyl (C=O) groups is 1. The Kier molecular flexibility index (Phi) is 7.36. The predicted octanol–water partition coefficient (Wildman–Crippen LogP) is 3.10. The van der Waals surface area contributed by atoms with Crippen molar-refractivity contribution < 1.29 is 18.7 Å². The Hall–Kier alpha value is -2.82. The second-order valence-electron chi connectivity index (χ2n) is 8.30. The summed E-state index contributed by atoms with van der Waals surface area (Å²) in [5.41, 5.74) is 6.99. The van der Waals surface area contributed by atoms with E-state index in [2.05, 4.69) is 15.3 Å². The van der Waals surface area contributed by atoms with Crippen LogP contribution in [0, 0.1) is 11.7 Å². The van der Waals surface area contributed by atoms with Crippen molar-refractivity contribution in [1.82, 2.24) is 15.3 Å². The van der Waals surface area contributed by atoms with E-state index in [4.69, 9.17) is 15.2 Å². The van der Waals surface area contributed by atoms with Gasteiger partial charge in [0.25, 0.3) is 11.5 Å². The SMILES string of the molecule is COc1cc(CNC(=O)c2nc3scc(COCC4CCC(N)CC4)c3c(=O)[nH]2)ccc1F. The van der Waals surface area contributed by atoms with E-state index in [1.54, 1.807) is 6.07 Å². The molecule has 176 valence electrons. The van der Waals surface area contributed by atoms with Crippen molar-refractivity contribution in [3.8, 4) is 5.75 Å². The van der Waals surface area contributed by atoms with Crippen molar-refractivity contribution in [2.24, 2.45) is 11.7 Å². The molecule has 1 aliphatic carbocycles. The maximum atomic E-state index is 13.5. The largest absolute Gasteiger partial charge is 0.494 e. The molecule has 1 amide bonds. The highest BCUT2D eigenvalue weighted by atomic mass is 32.1. The molecule has 4 rings (SSSR count). The molecular weight excluding hydrogens is 447 g/mol. The van der Waals surface area contributed by atoms with Gasteiger partial charge in [0.2, 0.25) is 5.82 Å². The number of aromatic nitrogens is 2. The summed E-state index contributed by atoms with van der Waals surface area (Å²) in [6, 6.07) is 4.62. The molecule has 0 saturated heterocycles. The van der Waals surface area contributed by atoms with Crippen molar-refractivity contribution in [3.05, 3.63) is 56.7 Å². The first-order valence-corrected chi connectivity index (χ1v) is 11.8. The van der Waals surface area contributed by atoms with Crippen molar-refractivity contribution in [3.63, 3.8) is 0 Å².